The van der Waals surface area contributed by atoms with E-state index in [9.17, 15) is 9.59 Å². The highest BCUT2D eigenvalue weighted by Gasteiger charge is 2.20. The molecular formula is C33H39N7O3. The lowest BCUT2D eigenvalue weighted by Crippen LogP contribution is -2.45. The van der Waals surface area contributed by atoms with Gasteiger partial charge in [-0.2, -0.15) is 0 Å². The molecule has 0 saturated carbocycles. The molecule has 5 rings (SSSR count). The SMILES string of the molecule is Cc1c(NC(=O)c2ccc(C(C)(C)C)cn2)cccc1-c1cn(C)c(=O)c(Nc2ccc(N3CCOC(CN)C3)cc2)n1. The summed E-state index contributed by atoms with van der Waals surface area (Å²) in [5.74, 6) is -0.0881. The second-order valence-electron chi connectivity index (χ2n) is 11.9. The van der Waals surface area contributed by atoms with Crippen molar-refractivity contribution in [3.05, 3.63) is 94.2 Å². The van der Waals surface area contributed by atoms with Crippen LogP contribution in [0.5, 0.6) is 0 Å². The fourth-order valence-corrected chi connectivity index (χ4v) is 5.01. The van der Waals surface area contributed by atoms with Gasteiger partial charge in [0.1, 0.15) is 5.69 Å². The molecule has 1 saturated heterocycles. The van der Waals surface area contributed by atoms with Gasteiger partial charge in [0.15, 0.2) is 5.82 Å². The van der Waals surface area contributed by atoms with E-state index in [2.05, 4.69) is 41.3 Å². The lowest BCUT2D eigenvalue weighted by molar-refractivity contribution is 0.0466. The van der Waals surface area contributed by atoms with Gasteiger partial charge in [-0.1, -0.05) is 39.0 Å². The van der Waals surface area contributed by atoms with Crippen molar-refractivity contribution in [3.8, 4) is 11.3 Å². The Morgan fingerprint density at radius 2 is 1.88 bits per heavy atom. The summed E-state index contributed by atoms with van der Waals surface area (Å²) in [6, 6.07) is 17.2. The first-order valence-electron chi connectivity index (χ1n) is 14.4. The van der Waals surface area contributed by atoms with Crippen LogP contribution in [0.15, 0.2) is 71.8 Å². The van der Waals surface area contributed by atoms with Crippen molar-refractivity contribution in [1.29, 1.82) is 0 Å². The van der Waals surface area contributed by atoms with Crippen LogP contribution >= 0.6 is 0 Å². The number of benzene rings is 2. The largest absolute Gasteiger partial charge is 0.373 e. The van der Waals surface area contributed by atoms with Gasteiger partial charge in [0, 0.05) is 61.7 Å². The number of rotatable bonds is 7. The van der Waals surface area contributed by atoms with Gasteiger partial charge in [0.2, 0.25) is 0 Å². The summed E-state index contributed by atoms with van der Waals surface area (Å²) in [7, 11) is 1.70. The molecule has 0 bridgehead atoms. The maximum absolute atomic E-state index is 13.0. The van der Waals surface area contributed by atoms with Gasteiger partial charge in [0.05, 0.1) is 18.4 Å². The van der Waals surface area contributed by atoms with E-state index in [1.54, 1.807) is 25.5 Å². The van der Waals surface area contributed by atoms with Gasteiger partial charge >= 0.3 is 0 Å². The highest BCUT2D eigenvalue weighted by molar-refractivity contribution is 6.03. The Bertz CT molecular complexity index is 1660. The van der Waals surface area contributed by atoms with Gasteiger partial charge in [0.25, 0.3) is 11.5 Å². The summed E-state index contributed by atoms with van der Waals surface area (Å²) in [4.78, 5) is 37.4. The number of carbonyl (C=O) groups excluding carboxylic acids is 1. The van der Waals surface area contributed by atoms with E-state index in [4.69, 9.17) is 15.5 Å². The molecule has 10 nitrogen and oxygen atoms in total. The standard InChI is InChI=1S/C33H39N7O3/c1-21-26(7-6-8-27(21)38-31(41)28-14-9-22(18-35-28)33(2,3)4)29-20-39(5)32(42)30(37-29)36-23-10-12-24(13-11-23)40-15-16-43-25(17-34)19-40/h6-14,18,20,25H,15-17,19,34H2,1-5H3,(H,36,37)(H,38,41). The summed E-state index contributed by atoms with van der Waals surface area (Å²) in [5, 5.41) is 6.17. The zero-order valence-electron chi connectivity index (χ0n) is 25.3. The number of anilines is 4. The highest BCUT2D eigenvalue weighted by atomic mass is 16.5. The van der Waals surface area contributed by atoms with Crippen LogP contribution < -0.4 is 26.8 Å². The third-order valence-electron chi connectivity index (χ3n) is 7.69. The fraction of sp³-hybridized carbons (Fsp3) is 0.333. The molecule has 2 aromatic carbocycles. The number of nitrogens with one attached hydrogen (secondary N) is 2. The molecule has 1 atom stereocenters. The number of hydrogen-bond acceptors (Lipinski definition) is 8. The molecule has 1 aliphatic rings. The number of pyridine rings is 1. The molecule has 1 amide bonds. The van der Waals surface area contributed by atoms with Crippen LogP contribution in [0.25, 0.3) is 11.3 Å². The number of nitrogens with zero attached hydrogens (tertiary/aromatic N) is 4. The van der Waals surface area contributed by atoms with E-state index in [0.717, 1.165) is 41.2 Å². The Labute approximate surface area is 251 Å². The van der Waals surface area contributed by atoms with Crippen molar-refractivity contribution in [1.82, 2.24) is 14.5 Å². The van der Waals surface area contributed by atoms with Crippen LogP contribution in [0.3, 0.4) is 0 Å². The third kappa shape index (κ3) is 6.76. The van der Waals surface area contributed by atoms with Crippen LogP contribution in [-0.4, -0.2) is 52.8 Å². The number of amides is 1. The Hall–Kier alpha value is -4.54. The van der Waals surface area contributed by atoms with Crippen LogP contribution in [-0.2, 0) is 17.2 Å². The minimum absolute atomic E-state index is 0.0217. The van der Waals surface area contributed by atoms with Crippen LogP contribution in [0.4, 0.5) is 22.9 Å². The average molecular weight is 582 g/mol. The molecule has 3 heterocycles. The molecular weight excluding hydrogens is 542 g/mol. The summed E-state index contributed by atoms with van der Waals surface area (Å²) in [5.41, 5.74) is 11.6. The second-order valence-corrected chi connectivity index (χ2v) is 11.9. The first kappa shape index (κ1) is 29.9. The Kier molecular flexibility index (Phi) is 8.61. The van der Waals surface area contributed by atoms with Gasteiger partial charge in [-0.15, -0.1) is 0 Å². The van der Waals surface area contributed by atoms with E-state index in [1.165, 1.54) is 4.57 Å². The van der Waals surface area contributed by atoms with Crippen molar-refractivity contribution in [2.45, 2.75) is 39.2 Å². The predicted octanol–water partition coefficient (Wildman–Crippen LogP) is 4.61. The molecule has 4 N–H and O–H groups in total. The Morgan fingerprint density at radius 3 is 2.56 bits per heavy atom. The monoisotopic (exact) mass is 581 g/mol. The average Bonchev–Trinajstić information content (AvgIpc) is 3.00. The number of ether oxygens (including phenoxy) is 1. The van der Waals surface area contributed by atoms with E-state index < -0.39 is 0 Å². The molecule has 0 spiro atoms. The second kappa shape index (κ2) is 12.4. The number of aromatic nitrogens is 3. The molecule has 43 heavy (non-hydrogen) atoms. The van der Waals surface area contributed by atoms with Crippen molar-refractivity contribution < 1.29 is 9.53 Å². The molecule has 1 aliphatic heterocycles. The smallest absolute Gasteiger partial charge is 0.293 e. The lowest BCUT2D eigenvalue weighted by atomic mass is 9.88. The normalized spacial score (nSPS) is 15.3. The molecule has 1 unspecified atom stereocenters. The zero-order chi connectivity index (χ0) is 30.7. The summed E-state index contributed by atoms with van der Waals surface area (Å²) < 4.78 is 7.18. The molecule has 0 aliphatic carbocycles. The zero-order valence-corrected chi connectivity index (χ0v) is 25.3. The number of nitrogens with two attached hydrogens (primary N) is 1. The first-order valence-corrected chi connectivity index (χ1v) is 14.4. The maximum atomic E-state index is 13.0. The molecule has 0 radical (unpaired) electrons. The van der Waals surface area contributed by atoms with Crippen molar-refractivity contribution in [2.75, 3.05) is 41.8 Å². The number of hydrogen-bond donors (Lipinski definition) is 3. The van der Waals surface area contributed by atoms with Crippen LogP contribution in [0.1, 0.15) is 42.4 Å². The topological polar surface area (TPSA) is 127 Å². The van der Waals surface area contributed by atoms with Gasteiger partial charge in [-0.3, -0.25) is 14.6 Å². The van der Waals surface area contributed by atoms with Crippen molar-refractivity contribution >= 4 is 28.8 Å². The molecule has 224 valence electrons. The van der Waals surface area contributed by atoms with E-state index in [0.29, 0.717) is 30.2 Å². The van der Waals surface area contributed by atoms with E-state index >= 15 is 0 Å². The Balaban J connectivity index is 1.35. The predicted molar refractivity (Wildman–Crippen MR) is 171 cm³/mol. The van der Waals surface area contributed by atoms with Crippen LogP contribution in [0.2, 0.25) is 0 Å². The number of carbonyl (C=O) groups is 1. The summed E-state index contributed by atoms with van der Waals surface area (Å²) >= 11 is 0. The Morgan fingerprint density at radius 1 is 1.12 bits per heavy atom. The molecule has 4 aromatic rings. The van der Waals surface area contributed by atoms with Crippen LogP contribution in [0, 0.1) is 6.92 Å². The van der Waals surface area contributed by atoms with Gasteiger partial charge in [-0.05, 0) is 59.9 Å². The first-order chi connectivity index (χ1) is 20.5. The quantitative estimate of drug-likeness (QED) is 0.289. The van der Waals surface area contributed by atoms with E-state index in [-0.39, 0.29) is 28.8 Å². The molecule has 1 fully saturated rings. The number of aryl methyl sites for hydroxylation is 1. The summed E-state index contributed by atoms with van der Waals surface area (Å²) in [6.07, 6.45) is 3.46. The van der Waals surface area contributed by atoms with Gasteiger partial charge in [-0.25, -0.2) is 4.98 Å². The third-order valence-corrected chi connectivity index (χ3v) is 7.69. The maximum Gasteiger partial charge on any atom is 0.293 e. The van der Waals surface area contributed by atoms with Gasteiger partial charge < -0.3 is 30.6 Å². The summed E-state index contributed by atoms with van der Waals surface area (Å²) in [6.45, 7) is 10.9. The van der Waals surface area contributed by atoms with Crippen molar-refractivity contribution in [3.63, 3.8) is 0 Å². The minimum Gasteiger partial charge on any atom is -0.373 e. The minimum atomic E-state index is -0.296. The lowest BCUT2D eigenvalue weighted by Gasteiger charge is -2.34. The molecule has 2 aromatic heterocycles. The van der Waals surface area contributed by atoms with E-state index in [1.807, 2.05) is 55.5 Å². The number of morpholine rings is 1. The molecule has 10 heteroatoms. The van der Waals surface area contributed by atoms with Crippen molar-refractivity contribution in [2.24, 2.45) is 12.8 Å². The highest BCUT2D eigenvalue weighted by Crippen LogP contribution is 2.29. The fourth-order valence-electron chi connectivity index (χ4n) is 5.01.